The number of hydrogen-bond donors (Lipinski definition) is 1. The Labute approximate surface area is 119 Å². The van der Waals surface area contributed by atoms with Gasteiger partial charge in [0.1, 0.15) is 0 Å². The summed E-state index contributed by atoms with van der Waals surface area (Å²) in [6, 6.07) is 6.29. The van der Waals surface area contributed by atoms with E-state index in [9.17, 15) is 4.79 Å². The zero-order valence-electron chi connectivity index (χ0n) is 12.1. The highest BCUT2D eigenvalue weighted by Crippen LogP contribution is 2.35. The average Bonchev–Trinajstić information content (AvgIpc) is 2.84. The van der Waals surface area contributed by atoms with E-state index in [2.05, 4.69) is 25.7 Å². The standard InChI is InChI=1S/C15H21NO4/c1-10(2)16(7-6-15(17)18)11(3)12-4-5-13-14(8-12)20-9-19-13/h4-5,8,10-11H,6-7,9H2,1-3H3,(H,17,18). The van der Waals surface area contributed by atoms with Crippen LogP contribution in [0.4, 0.5) is 0 Å². The second-order valence-electron chi connectivity index (χ2n) is 5.26. The summed E-state index contributed by atoms with van der Waals surface area (Å²) in [4.78, 5) is 12.9. The molecular formula is C15H21NO4. The van der Waals surface area contributed by atoms with E-state index >= 15 is 0 Å². The molecule has 0 aliphatic carbocycles. The van der Waals surface area contributed by atoms with Gasteiger partial charge in [-0.05, 0) is 38.5 Å². The van der Waals surface area contributed by atoms with Crippen molar-refractivity contribution in [1.82, 2.24) is 4.90 Å². The fraction of sp³-hybridized carbons (Fsp3) is 0.533. The number of fused-ring (bicyclic) bond motifs is 1. The molecule has 1 unspecified atom stereocenters. The van der Waals surface area contributed by atoms with Gasteiger partial charge in [-0.1, -0.05) is 6.07 Å². The fourth-order valence-corrected chi connectivity index (χ4v) is 2.49. The van der Waals surface area contributed by atoms with E-state index in [0.717, 1.165) is 17.1 Å². The maximum absolute atomic E-state index is 10.8. The highest BCUT2D eigenvalue weighted by molar-refractivity contribution is 5.66. The van der Waals surface area contributed by atoms with Crippen LogP contribution in [0.25, 0.3) is 0 Å². The number of benzene rings is 1. The highest BCUT2D eigenvalue weighted by atomic mass is 16.7. The van der Waals surface area contributed by atoms with E-state index in [1.807, 2.05) is 18.2 Å². The molecule has 1 atom stereocenters. The van der Waals surface area contributed by atoms with E-state index in [4.69, 9.17) is 14.6 Å². The lowest BCUT2D eigenvalue weighted by Gasteiger charge is -2.32. The number of carboxylic acids is 1. The summed E-state index contributed by atoms with van der Waals surface area (Å²) in [6.45, 7) is 7.03. The van der Waals surface area contributed by atoms with Gasteiger partial charge in [-0.15, -0.1) is 0 Å². The number of ether oxygens (including phenoxy) is 2. The van der Waals surface area contributed by atoms with Gasteiger partial charge in [-0.3, -0.25) is 9.69 Å². The van der Waals surface area contributed by atoms with Crippen molar-refractivity contribution in [1.29, 1.82) is 0 Å². The molecule has 2 rings (SSSR count). The van der Waals surface area contributed by atoms with Gasteiger partial charge >= 0.3 is 5.97 Å². The summed E-state index contributed by atoms with van der Waals surface area (Å²) in [7, 11) is 0. The van der Waals surface area contributed by atoms with Gasteiger partial charge in [0.05, 0.1) is 6.42 Å². The molecular weight excluding hydrogens is 258 g/mol. The topological polar surface area (TPSA) is 59.0 Å². The molecule has 5 nitrogen and oxygen atoms in total. The summed E-state index contributed by atoms with van der Waals surface area (Å²) >= 11 is 0. The Bertz CT molecular complexity index is 487. The Hall–Kier alpha value is -1.75. The quantitative estimate of drug-likeness (QED) is 0.867. The summed E-state index contributed by atoms with van der Waals surface area (Å²) < 4.78 is 10.7. The predicted molar refractivity (Wildman–Crippen MR) is 75.1 cm³/mol. The van der Waals surface area contributed by atoms with Crippen LogP contribution in [0.5, 0.6) is 11.5 Å². The van der Waals surface area contributed by atoms with E-state index < -0.39 is 5.97 Å². The Morgan fingerprint density at radius 1 is 1.30 bits per heavy atom. The average molecular weight is 279 g/mol. The number of carbonyl (C=O) groups is 1. The van der Waals surface area contributed by atoms with E-state index in [1.54, 1.807) is 0 Å². The normalized spacial score (nSPS) is 14.8. The first kappa shape index (κ1) is 14.7. The van der Waals surface area contributed by atoms with E-state index in [-0.39, 0.29) is 25.3 Å². The lowest BCUT2D eigenvalue weighted by atomic mass is 10.0. The number of aliphatic carboxylic acids is 1. The van der Waals surface area contributed by atoms with Gasteiger partial charge < -0.3 is 14.6 Å². The molecule has 1 aliphatic heterocycles. The van der Waals surface area contributed by atoms with Crippen LogP contribution in [-0.2, 0) is 4.79 Å². The minimum Gasteiger partial charge on any atom is -0.481 e. The summed E-state index contributed by atoms with van der Waals surface area (Å²) in [5, 5.41) is 8.86. The number of hydrogen-bond acceptors (Lipinski definition) is 4. The molecule has 20 heavy (non-hydrogen) atoms. The van der Waals surface area contributed by atoms with Crippen LogP contribution in [0.2, 0.25) is 0 Å². The van der Waals surface area contributed by atoms with Crippen molar-refractivity contribution in [3.63, 3.8) is 0 Å². The molecule has 0 saturated carbocycles. The lowest BCUT2D eigenvalue weighted by molar-refractivity contribution is -0.137. The number of carboxylic acid groups (broad SMARTS) is 1. The molecule has 1 aromatic rings. The summed E-state index contributed by atoms with van der Waals surface area (Å²) in [6.07, 6.45) is 0.146. The van der Waals surface area contributed by atoms with Gasteiger partial charge in [-0.2, -0.15) is 0 Å². The van der Waals surface area contributed by atoms with Crippen molar-refractivity contribution in [3.8, 4) is 11.5 Å². The molecule has 0 saturated heterocycles. The molecule has 0 amide bonds. The van der Waals surface area contributed by atoms with Crippen LogP contribution in [0.1, 0.15) is 38.8 Å². The van der Waals surface area contributed by atoms with Crippen LogP contribution in [-0.4, -0.2) is 35.4 Å². The molecule has 0 fully saturated rings. The monoisotopic (exact) mass is 279 g/mol. The zero-order valence-corrected chi connectivity index (χ0v) is 12.1. The molecule has 1 heterocycles. The molecule has 110 valence electrons. The second kappa shape index (κ2) is 6.13. The minimum absolute atomic E-state index is 0.129. The van der Waals surface area contributed by atoms with Crippen LogP contribution in [0.3, 0.4) is 0 Å². The van der Waals surface area contributed by atoms with Gasteiger partial charge in [-0.25, -0.2) is 0 Å². The number of rotatable bonds is 6. The molecule has 1 aromatic carbocycles. The van der Waals surface area contributed by atoms with Crippen LogP contribution >= 0.6 is 0 Å². The van der Waals surface area contributed by atoms with Crippen molar-refractivity contribution in [2.45, 2.75) is 39.3 Å². The smallest absolute Gasteiger partial charge is 0.304 e. The highest BCUT2D eigenvalue weighted by Gasteiger charge is 2.22. The van der Waals surface area contributed by atoms with E-state index in [1.165, 1.54) is 0 Å². The minimum atomic E-state index is -0.770. The van der Waals surface area contributed by atoms with Crippen molar-refractivity contribution < 1.29 is 19.4 Å². The van der Waals surface area contributed by atoms with Gasteiger partial charge in [0.15, 0.2) is 11.5 Å². The predicted octanol–water partition coefficient (Wildman–Crippen LogP) is 2.66. The molecule has 0 spiro atoms. The SMILES string of the molecule is CC(C)N(CCC(=O)O)C(C)c1ccc2c(c1)OCO2. The molecule has 0 radical (unpaired) electrons. The summed E-state index contributed by atoms with van der Waals surface area (Å²) in [5.41, 5.74) is 1.10. The molecule has 5 heteroatoms. The third-order valence-electron chi connectivity index (χ3n) is 3.62. The fourth-order valence-electron chi connectivity index (χ4n) is 2.49. The largest absolute Gasteiger partial charge is 0.481 e. The van der Waals surface area contributed by atoms with Crippen molar-refractivity contribution in [2.24, 2.45) is 0 Å². The van der Waals surface area contributed by atoms with Gasteiger partial charge in [0, 0.05) is 18.6 Å². The third-order valence-corrected chi connectivity index (χ3v) is 3.62. The molecule has 0 aromatic heterocycles. The van der Waals surface area contributed by atoms with Gasteiger partial charge in [0.25, 0.3) is 0 Å². The Balaban J connectivity index is 2.14. The van der Waals surface area contributed by atoms with Crippen LogP contribution in [0.15, 0.2) is 18.2 Å². The van der Waals surface area contributed by atoms with Gasteiger partial charge in [0.2, 0.25) is 6.79 Å². The first-order valence-electron chi connectivity index (χ1n) is 6.86. The Kier molecular flexibility index (Phi) is 4.49. The molecule has 0 bridgehead atoms. The first-order chi connectivity index (χ1) is 9.49. The van der Waals surface area contributed by atoms with Crippen molar-refractivity contribution in [3.05, 3.63) is 23.8 Å². The maximum Gasteiger partial charge on any atom is 0.304 e. The summed E-state index contributed by atoms with van der Waals surface area (Å²) in [5.74, 6) is 0.757. The van der Waals surface area contributed by atoms with Crippen molar-refractivity contribution in [2.75, 3.05) is 13.3 Å². The third kappa shape index (κ3) is 3.22. The van der Waals surface area contributed by atoms with E-state index in [0.29, 0.717) is 6.54 Å². The zero-order chi connectivity index (χ0) is 14.7. The van der Waals surface area contributed by atoms with Crippen LogP contribution < -0.4 is 9.47 Å². The first-order valence-corrected chi connectivity index (χ1v) is 6.86. The Morgan fingerprint density at radius 2 is 2.00 bits per heavy atom. The number of nitrogens with zero attached hydrogens (tertiary/aromatic N) is 1. The molecule has 1 aliphatic rings. The molecule has 1 N–H and O–H groups in total. The Morgan fingerprint density at radius 3 is 2.65 bits per heavy atom. The second-order valence-corrected chi connectivity index (χ2v) is 5.26. The van der Waals surface area contributed by atoms with Crippen molar-refractivity contribution >= 4 is 5.97 Å². The lowest BCUT2D eigenvalue weighted by Crippen LogP contribution is -2.35. The van der Waals surface area contributed by atoms with Crippen LogP contribution in [0, 0.1) is 0 Å². The maximum atomic E-state index is 10.8.